The smallest absolute Gasteiger partial charge is 0.257 e. The van der Waals surface area contributed by atoms with Crippen molar-refractivity contribution in [2.24, 2.45) is 0 Å². The minimum absolute atomic E-state index is 0.0131. The Bertz CT molecular complexity index is 594. The molecule has 0 spiro atoms. The lowest BCUT2D eigenvalue weighted by Crippen LogP contribution is -2.14. The quantitative estimate of drug-likeness (QED) is 0.559. The number of benzene rings is 2. The summed E-state index contributed by atoms with van der Waals surface area (Å²) in [7, 11) is 0. The fourth-order valence-corrected chi connectivity index (χ4v) is 1.64. The second kappa shape index (κ2) is 4.79. The van der Waals surface area contributed by atoms with E-state index in [-0.39, 0.29) is 17.2 Å². The lowest BCUT2D eigenvalue weighted by molar-refractivity contribution is 0.102. The number of aryl methyl sites for hydroxylation is 1. The Balaban J connectivity index is 2.28. The molecule has 0 fully saturated rings. The molecular weight excluding hydrogens is 228 g/mol. The molecule has 0 aliphatic heterocycles. The van der Waals surface area contributed by atoms with Gasteiger partial charge in [-0.1, -0.05) is 18.2 Å². The zero-order valence-corrected chi connectivity index (χ0v) is 9.97. The van der Waals surface area contributed by atoms with Crippen LogP contribution in [0.2, 0.25) is 0 Å². The van der Waals surface area contributed by atoms with Gasteiger partial charge >= 0.3 is 0 Å². The van der Waals surface area contributed by atoms with E-state index in [0.717, 1.165) is 11.3 Å². The average Bonchev–Trinajstić information content (AvgIpc) is 2.35. The molecule has 0 unspecified atom stereocenters. The predicted octanol–water partition coefficient (Wildman–Crippen LogP) is 2.54. The van der Waals surface area contributed by atoms with E-state index in [4.69, 9.17) is 5.73 Å². The van der Waals surface area contributed by atoms with Crippen LogP contribution in [0, 0.1) is 6.92 Å². The maximum atomic E-state index is 12.0. The molecule has 0 aliphatic rings. The summed E-state index contributed by atoms with van der Waals surface area (Å²) in [5.41, 5.74) is 7.99. The van der Waals surface area contributed by atoms with E-state index in [1.54, 1.807) is 0 Å². The van der Waals surface area contributed by atoms with E-state index in [2.05, 4.69) is 5.32 Å². The van der Waals surface area contributed by atoms with Crippen LogP contribution in [-0.4, -0.2) is 11.0 Å². The average molecular weight is 242 g/mol. The number of anilines is 2. The number of amides is 1. The van der Waals surface area contributed by atoms with E-state index < -0.39 is 0 Å². The number of phenols is 1. The standard InChI is InChI=1S/C14H14N2O2/c1-9-4-2-3-5-13(9)16-14(18)11-8-10(17)6-7-12(11)15/h2-8,17H,15H2,1H3,(H,16,18). The maximum absolute atomic E-state index is 12.0. The number of carbonyl (C=O) groups is 1. The Morgan fingerprint density at radius 3 is 2.67 bits per heavy atom. The molecule has 1 amide bonds. The highest BCUT2D eigenvalue weighted by Gasteiger charge is 2.11. The Morgan fingerprint density at radius 2 is 1.94 bits per heavy atom. The molecule has 2 rings (SSSR count). The summed E-state index contributed by atoms with van der Waals surface area (Å²) in [6, 6.07) is 11.8. The number of nitrogens with one attached hydrogen (secondary N) is 1. The van der Waals surface area contributed by atoms with Crippen LogP contribution in [0.4, 0.5) is 11.4 Å². The zero-order valence-electron chi connectivity index (χ0n) is 9.97. The summed E-state index contributed by atoms with van der Waals surface area (Å²) in [6.45, 7) is 1.90. The first-order valence-corrected chi connectivity index (χ1v) is 5.53. The SMILES string of the molecule is Cc1ccccc1NC(=O)c1cc(O)ccc1N. The van der Waals surface area contributed by atoms with Crippen molar-refractivity contribution in [3.63, 3.8) is 0 Å². The molecule has 92 valence electrons. The topological polar surface area (TPSA) is 75.3 Å². The molecule has 0 aromatic heterocycles. The van der Waals surface area contributed by atoms with Gasteiger partial charge in [-0.15, -0.1) is 0 Å². The van der Waals surface area contributed by atoms with Gasteiger partial charge < -0.3 is 16.2 Å². The molecule has 0 bridgehead atoms. The molecule has 18 heavy (non-hydrogen) atoms. The Labute approximate surface area is 105 Å². The van der Waals surface area contributed by atoms with Gasteiger partial charge in [0, 0.05) is 11.4 Å². The molecule has 0 atom stereocenters. The van der Waals surface area contributed by atoms with Crippen molar-refractivity contribution in [3.05, 3.63) is 53.6 Å². The number of hydrogen-bond acceptors (Lipinski definition) is 3. The van der Waals surface area contributed by atoms with Crippen molar-refractivity contribution in [2.45, 2.75) is 6.92 Å². The van der Waals surface area contributed by atoms with E-state index in [1.807, 2.05) is 31.2 Å². The van der Waals surface area contributed by atoms with Gasteiger partial charge in [-0.3, -0.25) is 4.79 Å². The molecular formula is C14H14N2O2. The fraction of sp³-hybridized carbons (Fsp3) is 0.0714. The predicted molar refractivity (Wildman–Crippen MR) is 71.7 cm³/mol. The van der Waals surface area contributed by atoms with E-state index >= 15 is 0 Å². The van der Waals surface area contributed by atoms with Crippen LogP contribution < -0.4 is 11.1 Å². The number of para-hydroxylation sites is 1. The van der Waals surface area contributed by atoms with Crippen LogP contribution in [0.5, 0.6) is 5.75 Å². The van der Waals surface area contributed by atoms with Crippen LogP contribution in [0.1, 0.15) is 15.9 Å². The second-order valence-electron chi connectivity index (χ2n) is 4.04. The highest BCUT2D eigenvalue weighted by Crippen LogP contribution is 2.21. The first-order valence-electron chi connectivity index (χ1n) is 5.53. The molecule has 4 nitrogen and oxygen atoms in total. The summed E-state index contributed by atoms with van der Waals surface area (Å²) >= 11 is 0. The van der Waals surface area contributed by atoms with Crippen molar-refractivity contribution in [3.8, 4) is 5.75 Å². The van der Waals surface area contributed by atoms with Crippen molar-refractivity contribution in [1.82, 2.24) is 0 Å². The third-order valence-corrected chi connectivity index (χ3v) is 2.67. The highest BCUT2D eigenvalue weighted by atomic mass is 16.3. The number of nitrogen functional groups attached to an aromatic ring is 1. The molecule has 0 aliphatic carbocycles. The Kier molecular flexibility index (Phi) is 3.19. The molecule has 0 saturated heterocycles. The molecule has 4 heteroatoms. The number of nitrogens with two attached hydrogens (primary N) is 1. The van der Waals surface area contributed by atoms with Crippen LogP contribution >= 0.6 is 0 Å². The summed E-state index contributed by atoms with van der Waals surface area (Å²) in [5.74, 6) is -0.322. The van der Waals surface area contributed by atoms with Gasteiger partial charge in [0.15, 0.2) is 0 Å². The van der Waals surface area contributed by atoms with Crippen molar-refractivity contribution in [2.75, 3.05) is 11.1 Å². The minimum Gasteiger partial charge on any atom is -0.508 e. The van der Waals surface area contributed by atoms with E-state index in [9.17, 15) is 9.90 Å². The van der Waals surface area contributed by atoms with Gasteiger partial charge in [0.05, 0.1) is 5.56 Å². The first-order chi connectivity index (χ1) is 8.58. The molecule has 0 radical (unpaired) electrons. The monoisotopic (exact) mass is 242 g/mol. The lowest BCUT2D eigenvalue weighted by Gasteiger charge is -2.09. The highest BCUT2D eigenvalue weighted by molar-refractivity contribution is 6.08. The third kappa shape index (κ3) is 2.43. The first kappa shape index (κ1) is 12.0. The van der Waals surface area contributed by atoms with Crippen molar-refractivity contribution in [1.29, 1.82) is 0 Å². The Morgan fingerprint density at radius 1 is 1.22 bits per heavy atom. The number of rotatable bonds is 2. The molecule has 0 heterocycles. The molecule has 2 aromatic carbocycles. The van der Waals surface area contributed by atoms with Gasteiger partial charge in [0.25, 0.3) is 5.91 Å². The zero-order chi connectivity index (χ0) is 13.1. The number of phenolic OH excluding ortho intramolecular Hbond substituents is 1. The molecule has 4 N–H and O–H groups in total. The summed E-state index contributed by atoms with van der Waals surface area (Å²) in [6.07, 6.45) is 0. The van der Waals surface area contributed by atoms with E-state index in [0.29, 0.717) is 5.69 Å². The van der Waals surface area contributed by atoms with Gasteiger partial charge in [0.2, 0.25) is 0 Å². The fourth-order valence-electron chi connectivity index (χ4n) is 1.64. The number of carbonyl (C=O) groups excluding carboxylic acids is 1. The van der Waals surface area contributed by atoms with Gasteiger partial charge in [0.1, 0.15) is 5.75 Å². The van der Waals surface area contributed by atoms with Crippen LogP contribution in [0.15, 0.2) is 42.5 Å². The maximum Gasteiger partial charge on any atom is 0.257 e. The second-order valence-corrected chi connectivity index (χ2v) is 4.04. The lowest BCUT2D eigenvalue weighted by atomic mass is 10.1. The normalized spacial score (nSPS) is 10.1. The summed E-state index contributed by atoms with van der Waals surface area (Å²) in [5, 5.41) is 12.1. The van der Waals surface area contributed by atoms with Gasteiger partial charge in [-0.2, -0.15) is 0 Å². The summed E-state index contributed by atoms with van der Waals surface area (Å²) in [4.78, 5) is 12.0. The van der Waals surface area contributed by atoms with Crippen molar-refractivity contribution >= 4 is 17.3 Å². The van der Waals surface area contributed by atoms with Gasteiger partial charge in [-0.05, 0) is 36.8 Å². The van der Waals surface area contributed by atoms with Crippen molar-refractivity contribution < 1.29 is 9.90 Å². The summed E-state index contributed by atoms with van der Waals surface area (Å²) < 4.78 is 0. The third-order valence-electron chi connectivity index (χ3n) is 2.67. The molecule has 2 aromatic rings. The Hall–Kier alpha value is -2.49. The largest absolute Gasteiger partial charge is 0.508 e. The minimum atomic E-state index is -0.335. The van der Waals surface area contributed by atoms with Gasteiger partial charge in [-0.25, -0.2) is 0 Å². The number of hydrogen-bond donors (Lipinski definition) is 3. The van der Waals surface area contributed by atoms with Crippen LogP contribution in [0.3, 0.4) is 0 Å². The van der Waals surface area contributed by atoms with E-state index in [1.165, 1.54) is 18.2 Å². The van der Waals surface area contributed by atoms with Crippen LogP contribution in [0.25, 0.3) is 0 Å². The molecule has 0 saturated carbocycles. The number of aromatic hydroxyl groups is 1. The van der Waals surface area contributed by atoms with Crippen LogP contribution in [-0.2, 0) is 0 Å².